The molecule has 1 rings (SSSR count). The average molecular weight is 178 g/mol. The van der Waals surface area contributed by atoms with Crippen LogP contribution in [0.1, 0.15) is 25.8 Å². The normalized spacial score (nSPS) is 11.2. The second-order valence-corrected chi connectivity index (χ2v) is 5.53. The maximum Gasteiger partial charge on any atom is 0.0548 e. The second kappa shape index (κ2) is 5.15. The summed E-state index contributed by atoms with van der Waals surface area (Å²) in [6.45, 7) is 4.55. The molecule has 1 aromatic rings. The second-order valence-electron chi connectivity index (χ2n) is 3.27. The lowest BCUT2D eigenvalue weighted by Crippen LogP contribution is -2.17. The molecule has 0 aliphatic heterocycles. The van der Waals surface area contributed by atoms with Gasteiger partial charge in [0.25, 0.3) is 0 Å². The summed E-state index contributed by atoms with van der Waals surface area (Å²) in [5, 5.41) is 1.68. The summed E-state index contributed by atoms with van der Waals surface area (Å²) in [6.07, 6.45) is 2.54. The number of benzene rings is 1. The molecule has 0 spiro atoms. The minimum Gasteiger partial charge on any atom is -0.0680 e. The van der Waals surface area contributed by atoms with Crippen molar-refractivity contribution in [3.8, 4) is 0 Å². The number of aryl methyl sites for hydroxylation is 1. The molecule has 1 heteroatoms. The summed E-state index contributed by atoms with van der Waals surface area (Å²) in [7, 11) is 0.0498. The van der Waals surface area contributed by atoms with Crippen molar-refractivity contribution in [3.05, 3.63) is 29.8 Å². The predicted octanol–water partition coefficient (Wildman–Crippen LogP) is 1.87. The highest BCUT2D eigenvalue weighted by Crippen LogP contribution is 1.99. The minimum absolute atomic E-state index is 0.0498. The molecular formula is C11H18Si. The van der Waals surface area contributed by atoms with E-state index in [4.69, 9.17) is 0 Å². The highest BCUT2D eigenvalue weighted by Gasteiger charge is 1.98. The van der Waals surface area contributed by atoms with E-state index in [1.807, 2.05) is 0 Å². The fourth-order valence-corrected chi connectivity index (χ4v) is 3.04. The molecule has 66 valence electrons. The molecule has 12 heavy (non-hydrogen) atoms. The molecule has 0 saturated heterocycles. The summed E-state index contributed by atoms with van der Waals surface area (Å²) in [4.78, 5) is 0. The van der Waals surface area contributed by atoms with Gasteiger partial charge in [-0.15, -0.1) is 0 Å². The molecule has 0 heterocycles. The zero-order valence-electron chi connectivity index (χ0n) is 8.14. The van der Waals surface area contributed by atoms with Gasteiger partial charge in [0.2, 0.25) is 0 Å². The van der Waals surface area contributed by atoms with Gasteiger partial charge in [-0.3, -0.25) is 0 Å². The van der Waals surface area contributed by atoms with E-state index in [1.165, 1.54) is 18.9 Å². The van der Waals surface area contributed by atoms with Crippen molar-refractivity contribution in [2.45, 2.75) is 32.7 Å². The van der Waals surface area contributed by atoms with Crippen LogP contribution in [0.5, 0.6) is 0 Å². The summed E-state index contributed by atoms with van der Waals surface area (Å²) >= 11 is 0. The Morgan fingerprint density at radius 3 is 2.58 bits per heavy atom. The number of hydrogen-bond donors (Lipinski definition) is 0. The molecule has 0 N–H and O–H groups in total. The molecule has 0 bridgehead atoms. The van der Waals surface area contributed by atoms with E-state index in [0.29, 0.717) is 0 Å². The first-order valence-electron chi connectivity index (χ1n) is 4.95. The molecule has 0 aromatic heterocycles. The third-order valence-corrected chi connectivity index (χ3v) is 3.89. The van der Waals surface area contributed by atoms with Crippen molar-refractivity contribution in [3.63, 3.8) is 0 Å². The van der Waals surface area contributed by atoms with Gasteiger partial charge in [0.05, 0.1) is 9.52 Å². The van der Waals surface area contributed by atoms with Crippen LogP contribution in [0.2, 0.25) is 6.04 Å². The Morgan fingerprint density at radius 2 is 1.92 bits per heavy atom. The molecule has 0 aliphatic carbocycles. The third kappa shape index (κ3) is 2.49. The Kier molecular flexibility index (Phi) is 4.09. The molecular weight excluding hydrogens is 160 g/mol. The van der Waals surface area contributed by atoms with Crippen LogP contribution in [0.25, 0.3) is 0 Å². The summed E-state index contributed by atoms with van der Waals surface area (Å²) in [5.41, 5.74) is 1.61. The van der Waals surface area contributed by atoms with E-state index >= 15 is 0 Å². The Hall–Kier alpha value is -0.563. The van der Waals surface area contributed by atoms with E-state index in [-0.39, 0.29) is 9.52 Å². The molecule has 0 atom stereocenters. The Morgan fingerprint density at radius 1 is 1.17 bits per heavy atom. The average Bonchev–Trinajstić information content (AvgIpc) is 2.09. The first-order valence-corrected chi connectivity index (χ1v) is 6.66. The lowest BCUT2D eigenvalue weighted by atomic mass is 10.1. The highest BCUT2D eigenvalue weighted by atomic mass is 28.2. The van der Waals surface area contributed by atoms with Gasteiger partial charge in [0.15, 0.2) is 0 Å². The maximum absolute atomic E-state index is 2.32. The van der Waals surface area contributed by atoms with Crippen LogP contribution in [0.3, 0.4) is 0 Å². The van der Waals surface area contributed by atoms with Gasteiger partial charge in [-0.2, -0.15) is 0 Å². The molecule has 0 fully saturated rings. The minimum atomic E-state index is 0.0498. The topological polar surface area (TPSA) is 0 Å². The van der Waals surface area contributed by atoms with Crippen LogP contribution in [0, 0.1) is 0 Å². The fourth-order valence-electron chi connectivity index (χ4n) is 1.58. The van der Waals surface area contributed by atoms with Crippen molar-refractivity contribution in [1.29, 1.82) is 0 Å². The van der Waals surface area contributed by atoms with Gasteiger partial charge >= 0.3 is 0 Å². The summed E-state index contributed by atoms with van der Waals surface area (Å²) in [5.74, 6) is 0. The van der Waals surface area contributed by atoms with E-state index in [2.05, 4.69) is 38.1 Å². The molecule has 0 aliphatic rings. The van der Waals surface area contributed by atoms with E-state index in [9.17, 15) is 0 Å². The maximum atomic E-state index is 2.32. The number of hydrogen-bond acceptors (Lipinski definition) is 0. The van der Waals surface area contributed by atoms with Crippen LogP contribution in [0.15, 0.2) is 24.3 Å². The van der Waals surface area contributed by atoms with Crippen molar-refractivity contribution >= 4 is 14.7 Å². The van der Waals surface area contributed by atoms with E-state index in [0.717, 1.165) is 0 Å². The van der Waals surface area contributed by atoms with Gasteiger partial charge in [-0.25, -0.2) is 0 Å². The fraction of sp³-hybridized carbons (Fsp3) is 0.455. The van der Waals surface area contributed by atoms with Gasteiger partial charge in [0, 0.05) is 0 Å². The van der Waals surface area contributed by atoms with Gasteiger partial charge in [0.1, 0.15) is 0 Å². The largest absolute Gasteiger partial charge is 0.0680 e. The Labute approximate surface area is 77.8 Å². The van der Waals surface area contributed by atoms with Gasteiger partial charge in [-0.1, -0.05) is 55.8 Å². The van der Waals surface area contributed by atoms with Crippen molar-refractivity contribution < 1.29 is 0 Å². The Balaban J connectivity index is 2.77. The van der Waals surface area contributed by atoms with Crippen LogP contribution < -0.4 is 5.19 Å². The molecule has 0 radical (unpaired) electrons. The van der Waals surface area contributed by atoms with Crippen LogP contribution in [-0.2, 0) is 6.42 Å². The Bertz CT molecular complexity index is 205. The van der Waals surface area contributed by atoms with Gasteiger partial charge in [-0.05, 0) is 12.0 Å². The molecule has 1 aromatic carbocycles. The van der Waals surface area contributed by atoms with Crippen molar-refractivity contribution in [2.24, 2.45) is 0 Å². The predicted molar refractivity (Wildman–Crippen MR) is 59.1 cm³/mol. The first kappa shape index (κ1) is 9.52. The van der Waals surface area contributed by atoms with Crippen molar-refractivity contribution in [2.75, 3.05) is 0 Å². The molecule has 0 saturated carbocycles. The molecule has 0 amide bonds. The van der Waals surface area contributed by atoms with Crippen LogP contribution >= 0.6 is 0 Å². The quantitative estimate of drug-likeness (QED) is 0.618. The monoisotopic (exact) mass is 178 g/mol. The standard InChI is InChI=1S/C11H18Si/c1-3-7-10-8-5-6-9-11(10)12-4-2/h5-6,8-9H,3-4,7,12H2,1-2H3. The zero-order valence-corrected chi connectivity index (χ0v) is 9.55. The molecule has 0 nitrogen and oxygen atoms in total. The lowest BCUT2D eigenvalue weighted by molar-refractivity contribution is 0.927. The number of rotatable bonds is 4. The van der Waals surface area contributed by atoms with Crippen LogP contribution in [0.4, 0.5) is 0 Å². The summed E-state index contributed by atoms with van der Waals surface area (Å²) < 4.78 is 0. The first-order chi connectivity index (χ1) is 5.88. The van der Waals surface area contributed by atoms with E-state index in [1.54, 1.807) is 10.8 Å². The lowest BCUT2D eigenvalue weighted by Gasteiger charge is -2.05. The third-order valence-electron chi connectivity index (χ3n) is 2.16. The van der Waals surface area contributed by atoms with Gasteiger partial charge < -0.3 is 0 Å². The zero-order chi connectivity index (χ0) is 8.81. The molecule has 0 unspecified atom stereocenters. The van der Waals surface area contributed by atoms with E-state index < -0.39 is 0 Å². The highest BCUT2D eigenvalue weighted by molar-refractivity contribution is 6.53. The summed E-state index contributed by atoms with van der Waals surface area (Å²) in [6, 6.07) is 10.3. The smallest absolute Gasteiger partial charge is 0.0548 e. The SMILES string of the molecule is CCCc1ccccc1[SiH2]CC. The van der Waals surface area contributed by atoms with Crippen molar-refractivity contribution in [1.82, 2.24) is 0 Å². The van der Waals surface area contributed by atoms with Crippen LogP contribution in [-0.4, -0.2) is 9.52 Å².